The molecule has 12 heavy (non-hydrogen) atoms. The molecule has 1 aromatic rings. The van der Waals surface area contributed by atoms with Gasteiger partial charge in [-0.25, -0.2) is 4.98 Å². The molecule has 4 nitrogen and oxygen atoms in total. The van der Waals surface area contributed by atoms with Crippen LogP contribution in [0.5, 0.6) is 11.8 Å². The van der Waals surface area contributed by atoms with Gasteiger partial charge in [-0.2, -0.15) is 4.98 Å². The molecule has 0 spiro atoms. The van der Waals surface area contributed by atoms with E-state index in [1.54, 1.807) is 6.08 Å². The molecule has 4 heteroatoms. The summed E-state index contributed by atoms with van der Waals surface area (Å²) < 4.78 is 9.82. The van der Waals surface area contributed by atoms with Gasteiger partial charge < -0.3 is 9.47 Å². The van der Waals surface area contributed by atoms with E-state index in [9.17, 15) is 0 Å². The first-order chi connectivity index (χ1) is 5.81. The van der Waals surface area contributed by atoms with Crippen molar-refractivity contribution in [1.82, 2.24) is 9.97 Å². The largest absolute Gasteiger partial charge is 0.480 e. The van der Waals surface area contributed by atoms with Crippen molar-refractivity contribution in [3.8, 4) is 11.8 Å². The van der Waals surface area contributed by atoms with Crippen molar-refractivity contribution in [2.75, 3.05) is 14.2 Å². The Kier molecular flexibility index (Phi) is 2.63. The van der Waals surface area contributed by atoms with Gasteiger partial charge in [0.1, 0.15) is 5.69 Å². The van der Waals surface area contributed by atoms with Gasteiger partial charge in [0, 0.05) is 0 Å². The summed E-state index contributed by atoms with van der Waals surface area (Å²) in [6, 6.07) is 0. The van der Waals surface area contributed by atoms with Crippen LogP contribution in [0.25, 0.3) is 6.08 Å². The van der Waals surface area contributed by atoms with E-state index >= 15 is 0 Å². The Morgan fingerprint density at radius 1 is 1.42 bits per heavy atom. The SMILES string of the molecule is C=Cc1ncc(OC)nc1OC. The van der Waals surface area contributed by atoms with E-state index in [2.05, 4.69) is 16.5 Å². The fraction of sp³-hybridized carbons (Fsp3) is 0.250. The van der Waals surface area contributed by atoms with Gasteiger partial charge in [-0.15, -0.1) is 0 Å². The summed E-state index contributed by atoms with van der Waals surface area (Å²) in [5.74, 6) is 0.849. The summed E-state index contributed by atoms with van der Waals surface area (Å²) in [4.78, 5) is 8.01. The second-order valence-electron chi connectivity index (χ2n) is 2.01. The lowest BCUT2D eigenvalue weighted by atomic mass is 10.4. The summed E-state index contributed by atoms with van der Waals surface area (Å²) in [5.41, 5.74) is 0.610. The van der Waals surface area contributed by atoms with Gasteiger partial charge in [-0.05, 0) is 6.08 Å². The Balaban J connectivity index is 3.10. The molecule has 0 N–H and O–H groups in total. The molecule has 0 unspecified atom stereocenters. The zero-order valence-corrected chi connectivity index (χ0v) is 7.07. The lowest BCUT2D eigenvalue weighted by molar-refractivity contribution is 0.360. The van der Waals surface area contributed by atoms with E-state index in [0.29, 0.717) is 17.5 Å². The lowest BCUT2D eigenvalue weighted by Gasteiger charge is -2.03. The van der Waals surface area contributed by atoms with E-state index in [1.165, 1.54) is 20.4 Å². The zero-order valence-electron chi connectivity index (χ0n) is 7.07. The first-order valence-electron chi connectivity index (χ1n) is 3.39. The van der Waals surface area contributed by atoms with Crippen LogP contribution in [0.1, 0.15) is 5.69 Å². The number of methoxy groups -OCH3 is 2. The summed E-state index contributed by atoms with van der Waals surface area (Å²) in [5, 5.41) is 0. The Morgan fingerprint density at radius 3 is 2.67 bits per heavy atom. The average molecular weight is 166 g/mol. The van der Waals surface area contributed by atoms with Crippen molar-refractivity contribution in [2.45, 2.75) is 0 Å². The lowest BCUT2D eigenvalue weighted by Crippen LogP contribution is -1.96. The van der Waals surface area contributed by atoms with Crippen molar-refractivity contribution in [3.05, 3.63) is 18.5 Å². The fourth-order valence-electron chi connectivity index (χ4n) is 0.755. The molecule has 1 aromatic heterocycles. The molecule has 1 rings (SSSR count). The molecule has 0 aliphatic rings. The van der Waals surface area contributed by atoms with Crippen molar-refractivity contribution < 1.29 is 9.47 Å². The summed E-state index contributed by atoms with van der Waals surface area (Å²) >= 11 is 0. The molecule has 0 fully saturated rings. The number of hydrogen-bond donors (Lipinski definition) is 0. The molecule has 0 saturated carbocycles. The van der Waals surface area contributed by atoms with Crippen LogP contribution in [0.3, 0.4) is 0 Å². The normalized spacial score (nSPS) is 9.17. The first kappa shape index (κ1) is 8.52. The molecular weight excluding hydrogens is 156 g/mol. The van der Waals surface area contributed by atoms with Crippen molar-refractivity contribution in [1.29, 1.82) is 0 Å². The summed E-state index contributed by atoms with van der Waals surface area (Å²) in [7, 11) is 3.05. The van der Waals surface area contributed by atoms with E-state index in [4.69, 9.17) is 9.47 Å². The number of ether oxygens (including phenoxy) is 2. The summed E-state index contributed by atoms with van der Waals surface area (Å²) in [6.45, 7) is 3.57. The number of aromatic nitrogens is 2. The highest BCUT2D eigenvalue weighted by molar-refractivity contribution is 5.48. The zero-order chi connectivity index (χ0) is 8.97. The maximum absolute atomic E-state index is 4.95. The fourth-order valence-corrected chi connectivity index (χ4v) is 0.755. The van der Waals surface area contributed by atoms with Crippen LogP contribution in [0, 0.1) is 0 Å². The third-order valence-electron chi connectivity index (χ3n) is 1.34. The molecule has 0 amide bonds. The number of rotatable bonds is 3. The van der Waals surface area contributed by atoms with Crippen LogP contribution in [-0.4, -0.2) is 24.2 Å². The number of nitrogens with zero attached hydrogens (tertiary/aromatic N) is 2. The highest BCUT2D eigenvalue weighted by atomic mass is 16.5. The van der Waals surface area contributed by atoms with Gasteiger partial charge in [0.25, 0.3) is 0 Å². The minimum atomic E-state index is 0.421. The highest BCUT2D eigenvalue weighted by Gasteiger charge is 2.03. The van der Waals surface area contributed by atoms with Gasteiger partial charge in [0.15, 0.2) is 0 Å². The predicted molar refractivity (Wildman–Crippen MR) is 45.2 cm³/mol. The molecule has 64 valence electrons. The minimum Gasteiger partial charge on any atom is -0.480 e. The van der Waals surface area contributed by atoms with Crippen LogP contribution in [-0.2, 0) is 0 Å². The smallest absolute Gasteiger partial charge is 0.243 e. The van der Waals surface area contributed by atoms with Crippen molar-refractivity contribution >= 4 is 6.08 Å². The van der Waals surface area contributed by atoms with Crippen molar-refractivity contribution in [3.63, 3.8) is 0 Å². The molecule has 0 bridgehead atoms. The minimum absolute atomic E-state index is 0.421. The van der Waals surface area contributed by atoms with E-state index in [1.807, 2.05) is 0 Å². The van der Waals surface area contributed by atoms with Gasteiger partial charge >= 0.3 is 0 Å². The Bertz CT molecular complexity index is 286. The molecule has 0 saturated heterocycles. The Labute approximate surface area is 70.9 Å². The Morgan fingerprint density at radius 2 is 2.17 bits per heavy atom. The maximum Gasteiger partial charge on any atom is 0.243 e. The molecule has 0 radical (unpaired) electrons. The standard InChI is InChI=1S/C8H10N2O2/c1-4-6-8(12-3)10-7(11-2)5-9-6/h4-5H,1H2,2-3H3. The van der Waals surface area contributed by atoms with Gasteiger partial charge in [0.2, 0.25) is 11.8 Å². The molecule has 0 aromatic carbocycles. The second-order valence-corrected chi connectivity index (χ2v) is 2.01. The molecule has 1 heterocycles. The summed E-state index contributed by atoms with van der Waals surface area (Å²) in [6.07, 6.45) is 3.09. The average Bonchev–Trinajstić information content (AvgIpc) is 2.16. The van der Waals surface area contributed by atoms with Gasteiger partial charge in [-0.3, -0.25) is 0 Å². The number of hydrogen-bond acceptors (Lipinski definition) is 4. The van der Waals surface area contributed by atoms with E-state index in [0.717, 1.165) is 0 Å². The van der Waals surface area contributed by atoms with Crippen LogP contribution >= 0.6 is 0 Å². The topological polar surface area (TPSA) is 44.2 Å². The van der Waals surface area contributed by atoms with Crippen LogP contribution in [0.4, 0.5) is 0 Å². The second kappa shape index (κ2) is 3.71. The molecular formula is C8H10N2O2. The molecule has 0 aliphatic heterocycles. The van der Waals surface area contributed by atoms with Crippen molar-refractivity contribution in [2.24, 2.45) is 0 Å². The van der Waals surface area contributed by atoms with Crippen LogP contribution < -0.4 is 9.47 Å². The molecule has 0 atom stereocenters. The first-order valence-corrected chi connectivity index (χ1v) is 3.39. The van der Waals surface area contributed by atoms with Crippen LogP contribution in [0.15, 0.2) is 12.8 Å². The third-order valence-corrected chi connectivity index (χ3v) is 1.34. The molecule has 0 aliphatic carbocycles. The quantitative estimate of drug-likeness (QED) is 0.675. The van der Waals surface area contributed by atoms with Crippen LogP contribution in [0.2, 0.25) is 0 Å². The van der Waals surface area contributed by atoms with Gasteiger partial charge in [0.05, 0.1) is 20.4 Å². The monoisotopic (exact) mass is 166 g/mol. The highest BCUT2D eigenvalue weighted by Crippen LogP contribution is 2.16. The van der Waals surface area contributed by atoms with Gasteiger partial charge in [-0.1, -0.05) is 6.58 Å². The third kappa shape index (κ3) is 1.53. The predicted octanol–water partition coefficient (Wildman–Crippen LogP) is 1.14. The van der Waals surface area contributed by atoms with E-state index in [-0.39, 0.29) is 0 Å². The Hall–Kier alpha value is -1.58. The maximum atomic E-state index is 4.95. The van der Waals surface area contributed by atoms with E-state index < -0.39 is 0 Å².